The number of hydrogen-bond donors (Lipinski definition) is 1. The Morgan fingerprint density at radius 3 is 2.76 bits per heavy atom. The van der Waals surface area contributed by atoms with Crippen molar-refractivity contribution in [3.05, 3.63) is 35.3 Å². The van der Waals surface area contributed by atoms with Gasteiger partial charge in [-0.3, -0.25) is 4.79 Å². The minimum Gasteiger partial charge on any atom is -0.481 e. The number of fused-ring (bicyclic) bond motifs is 1. The molecule has 0 saturated carbocycles. The molecule has 0 fully saturated rings. The van der Waals surface area contributed by atoms with Crippen LogP contribution in [-0.4, -0.2) is 21.0 Å². The lowest BCUT2D eigenvalue weighted by Gasteiger charge is -2.07. The predicted molar refractivity (Wildman–Crippen MR) is 65.0 cm³/mol. The number of carbonyl (C=O) groups is 1. The molecule has 0 radical (unpaired) electrons. The molecular formula is C13H14N2O2. The SMILES string of the molecule is Cc1nc(CCC(=O)O)c2cccc(C)c2n1. The van der Waals surface area contributed by atoms with Crippen LogP contribution in [0.1, 0.15) is 23.5 Å². The Balaban J connectivity index is 2.54. The molecule has 4 heteroatoms. The first-order chi connectivity index (χ1) is 8.08. The summed E-state index contributed by atoms with van der Waals surface area (Å²) in [6.07, 6.45) is 0.540. The van der Waals surface area contributed by atoms with Gasteiger partial charge in [0.2, 0.25) is 0 Å². The zero-order valence-electron chi connectivity index (χ0n) is 9.90. The number of aromatic nitrogens is 2. The van der Waals surface area contributed by atoms with Gasteiger partial charge in [0.05, 0.1) is 17.6 Å². The van der Waals surface area contributed by atoms with E-state index in [4.69, 9.17) is 5.11 Å². The van der Waals surface area contributed by atoms with E-state index in [0.29, 0.717) is 12.2 Å². The largest absolute Gasteiger partial charge is 0.481 e. The molecule has 17 heavy (non-hydrogen) atoms. The van der Waals surface area contributed by atoms with Crippen molar-refractivity contribution in [2.24, 2.45) is 0 Å². The fourth-order valence-electron chi connectivity index (χ4n) is 1.90. The number of hydrogen-bond acceptors (Lipinski definition) is 3. The molecule has 0 spiro atoms. The van der Waals surface area contributed by atoms with E-state index < -0.39 is 5.97 Å². The first-order valence-electron chi connectivity index (χ1n) is 5.52. The Morgan fingerprint density at radius 2 is 2.06 bits per heavy atom. The molecular weight excluding hydrogens is 216 g/mol. The van der Waals surface area contributed by atoms with E-state index >= 15 is 0 Å². The van der Waals surface area contributed by atoms with Crippen molar-refractivity contribution in [3.63, 3.8) is 0 Å². The lowest BCUT2D eigenvalue weighted by molar-refractivity contribution is -0.136. The maximum absolute atomic E-state index is 10.6. The topological polar surface area (TPSA) is 63.1 Å². The Labute approximate surface area is 99.3 Å². The quantitative estimate of drug-likeness (QED) is 0.878. The molecule has 0 aliphatic heterocycles. The van der Waals surface area contributed by atoms with Crippen molar-refractivity contribution in [1.29, 1.82) is 0 Å². The summed E-state index contributed by atoms with van der Waals surface area (Å²) >= 11 is 0. The summed E-state index contributed by atoms with van der Waals surface area (Å²) in [5.74, 6) is -0.116. The highest BCUT2D eigenvalue weighted by molar-refractivity contribution is 5.84. The summed E-state index contributed by atoms with van der Waals surface area (Å²) in [6.45, 7) is 3.83. The van der Waals surface area contributed by atoms with Gasteiger partial charge in [0.25, 0.3) is 0 Å². The monoisotopic (exact) mass is 230 g/mol. The van der Waals surface area contributed by atoms with Gasteiger partial charge in [-0.2, -0.15) is 0 Å². The number of carboxylic acids is 1. The van der Waals surface area contributed by atoms with E-state index in [0.717, 1.165) is 22.2 Å². The van der Waals surface area contributed by atoms with Gasteiger partial charge in [-0.1, -0.05) is 18.2 Å². The van der Waals surface area contributed by atoms with Crippen molar-refractivity contribution in [2.45, 2.75) is 26.7 Å². The van der Waals surface area contributed by atoms with Crippen LogP contribution >= 0.6 is 0 Å². The van der Waals surface area contributed by atoms with Gasteiger partial charge in [-0.25, -0.2) is 9.97 Å². The van der Waals surface area contributed by atoms with Gasteiger partial charge in [0.1, 0.15) is 5.82 Å². The third-order valence-electron chi connectivity index (χ3n) is 2.69. The molecule has 88 valence electrons. The fourth-order valence-corrected chi connectivity index (χ4v) is 1.90. The molecule has 2 rings (SSSR count). The average Bonchev–Trinajstić information content (AvgIpc) is 2.27. The molecule has 0 bridgehead atoms. The van der Waals surface area contributed by atoms with Crippen LogP contribution in [0.4, 0.5) is 0 Å². The maximum Gasteiger partial charge on any atom is 0.303 e. The van der Waals surface area contributed by atoms with Gasteiger partial charge < -0.3 is 5.11 Å². The third kappa shape index (κ3) is 2.41. The predicted octanol–water partition coefficient (Wildman–Crippen LogP) is 2.26. The van der Waals surface area contributed by atoms with Crippen LogP contribution in [0.15, 0.2) is 18.2 Å². The lowest BCUT2D eigenvalue weighted by atomic mass is 10.1. The van der Waals surface area contributed by atoms with E-state index in [1.54, 1.807) is 0 Å². The van der Waals surface area contributed by atoms with Crippen LogP contribution in [0.5, 0.6) is 0 Å². The highest BCUT2D eigenvalue weighted by atomic mass is 16.4. The van der Waals surface area contributed by atoms with Crippen molar-refractivity contribution in [1.82, 2.24) is 9.97 Å². The second-order valence-corrected chi connectivity index (χ2v) is 4.08. The van der Waals surface area contributed by atoms with Crippen molar-refractivity contribution in [3.8, 4) is 0 Å². The third-order valence-corrected chi connectivity index (χ3v) is 2.69. The molecule has 4 nitrogen and oxygen atoms in total. The van der Waals surface area contributed by atoms with Crippen LogP contribution in [0, 0.1) is 13.8 Å². The molecule has 0 amide bonds. The second-order valence-electron chi connectivity index (χ2n) is 4.08. The molecule has 1 heterocycles. The molecule has 2 aromatic rings. The number of aliphatic carboxylic acids is 1. The number of rotatable bonds is 3. The van der Waals surface area contributed by atoms with Gasteiger partial charge in [0, 0.05) is 11.8 Å². The number of benzene rings is 1. The Hall–Kier alpha value is -1.97. The lowest BCUT2D eigenvalue weighted by Crippen LogP contribution is -2.03. The molecule has 1 aromatic carbocycles. The molecule has 0 saturated heterocycles. The van der Waals surface area contributed by atoms with Gasteiger partial charge in [-0.15, -0.1) is 0 Å². The Morgan fingerprint density at radius 1 is 1.29 bits per heavy atom. The van der Waals surface area contributed by atoms with E-state index in [1.807, 2.05) is 32.0 Å². The van der Waals surface area contributed by atoms with E-state index in [9.17, 15) is 4.79 Å². The van der Waals surface area contributed by atoms with Crippen LogP contribution in [0.2, 0.25) is 0 Å². The highest BCUT2D eigenvalue weighted by Gasteiger charge is 2.08. The standard InChI is InChI=1S/C13H14N2O2/c1-8-4-3-5-10-11(6-7-12(16)17)14-9(2)15-13(8)10/h3-5H,6-7H2,1-2H3,(H,16,17). The molecule has 0 aliphatic carbocycles. The summed E-state index contributed by atoms with van der Waals surface area (Å²) < 4.78 is 0. The Kier molecular flexibility index (Phi) is 3.04. The minimum absolute atomic E-state index is 0.0967. The van der Waals surface area contributed by atoms with E-state index in [2.05, 4.69) is 9.97 Å². The van der Waals surface area contributed by atoms with Crippen molar-refractivity contribution < 1.29 is 9.90 Å². The molecule has 0 atom stereocenters. The number of carboxylic acid groups (broad SMARTS) is 1. The normalized spacial score (nSPS) is 10.7. The molecule has 1 N–H and O–H groups in total. The zero-order valence-corrected chi connectivity index (χ0v) is 9.90. The summed E-state index contributed by atoms with van der Waals surface area (Å²) in [5, 5.41) is 9.68. The summed E-state index contributed by atoms with van der Waals surface area (Å²) in [5.41, 5.74) is 2.82. The first kappa shape index (κ1) is 11.5. The van der Waals surface area contributed by atoms with Crippen LogP contribution in [0.3, 0.4) is 0 Å². The fraction of sp³-hybridized carbons (Fsp3) is 0.308. The summed E-state index contributed by atoms with van der Waals surface area (Å²) in [6, 6.07) is 5.88. The molecule has 0 aliphatic rings. The minimum atomic E-state index is -0.804. The first-order valence-corrected chi connectivity index (χ1v) is 5.52. The number of para-hydroxylation sites is 1. The van der Waals surface area contributed by atoms with Crippen LogP contribution in [-0.2, 0) is 11.2 Å². The smallest absolute Gasteiger partial charge is 0.303 e. The highest BCUT2D eigenvalue weighted by Crippen LogP contribution is 2.20. The van der Waals surface area contributed by atoms with Crippen molar-refractivity contribution >= 4 is 16.9 Å². The summed E-state index contributed by atoms with van der Waals surface area (Å²) in [4.78, 5) is 19.4. The van der Waals surface area contributed by atoms with Gasteiger partial charge in [0.15, 0.2) is 0 Å². The van der Waals surface area contributed by atoms with Gasteiger partial charge in [-0.05, 0) is 19.4 Å². The second kappa shape index (κ2) is 4.49. The Bertz CT molecular complexity index is 579. The molecule has 0 unspecified atom stereocenters. The zero-order chi connectivity index (χ0) is 12.4. The maximum atomic E-state index is 10.6. The molecule has 1 aromatic heterocycles. The number of aryl methyl sites for hydroxylation is 3. The summed E-state index contributed by atoms with van der Waals surface area (Å²) in [7, 11) is 0. The van der Waals surface area contributed by atoms with E-state index in [1.165, 1.54) is 0 Å². The average molecular weight is 230 g/mol. The number of nitrogens with zero attached hydrogens (tertiary/aromatic N) is 2. The van der Waals surface area contributed by atoms with Gasteiger partial charge >= 0.3 is 5.97 Å². The van der Waals surface area contributed by atoms with Crippen LogP contribution in [0.25, 0.3) is 10.9 Å². The van der Waals surface area contributed by atoms with Crippen molar-refractivity contribution in [2.75, 3.05) is 0 Å². The van der Waals surface area contributed by atoms with Crippen LogP contribution < -0.4 is 0 Å². The van der Waals surface area contributed by atoms with E-state index in [-0.39, 0.29) is 6.42 Å².